The quantitative estimate of drug-likeness (QED) is 0.448. The van der Waals surface area contributed by atoms with Gasteiger partial charge in [-0.15, -0.1) is 6.58 Å². The lowest BCUT2D eigenvalue weighted by Crippen LogP contribution is -2.11. The van der Waals surface area contributed by atoms with E-state index in [1.165, 1.54) is 0 Å². The second-order valence-electron chi connectivity index (χ2n) is 1.84. The average molecular weight is 141 g/mol. The van der Waals surface area contributed by atoms with E-state index in [0.29, 0.717) is 12.2 Å². The summed E-state index contributed by atoms with van der Waals surface area (Å²) in [5.41, 5.74) is 0.632. The van der Waals surface area contributed by atoms with Crippen molar-refractivity contribution in [1.29, 1.82) is 0 Å². The zero-order valence-electron chi connectivity index (χ0n) is 5.92. The minimum atomic E-state index is -0.936. The smallest absolute Gasteiger partial charge is 0.330 e. The Hall–Kier alpha value is -1.25. The van der Waals surface area contributed by atoms with Crippen LogP contribution >= 0.6 is 0 Å². The van der Waals surface area contributed by atoms with Gasteiger partial charge < -0.3 is 10.4 Å². The van der Waals surface area contributed by atoms with Gasteiger partial charge in [0.05, 0.1) is 0 Å². The molecule has 0 saturated heterocycles. The first-order valence-corrected chi connectivity index (χ1v) is 2.93. The predicted molar refractivity (Wildman–Crippen MR) is 39.6 cm³/mol. The monoisotopic (exact) mass is 141 g/mol. The van der Waals surface area contributed by atoms with Gasteiger partial charge in [0, 0.05) is 18.3 Å². The maximum absolute atomic E-state index is 10.0. The highest BCUT2D eigenvalue weighted by molar-refractivity contribution is 5.80. The number of hydrogen-bond donors (Lipinski definition) is 2. The molecule has 0 aromatic carbocycles. The van der Waals surface area contributed by atoms with Crippen LogP contribution in [-0.4, -0.2) is 17.6 Å². The van der Waals surface area contributed by atoms with Gasteiger partial charge >= 0.3 is 5.97 Å². The van der Waals surface area contributed by atoms with Crippen LogP contribution in [0.25, 0.3) is 0 Å². The van der Waals surface area contributed by atoms with Crippen LogP contribution in [0.5, 0.6) is 0 Å². The van der Waals surface area contributed by atoms with Gasteiger partial charge in [0.25, 0.3) is 0 Å². The summed E-state index contributed by atoms with van der Waals surface area (Å²) in [5, 5.41) is 11.1. The molecule has 3 nitrogen and oxygen atoms in total. The van der Waals surface area contributed by atoms with Crippen molar-refractivity contribution in [2.24, 2.45) is 0 Å². The van der Waals surface area contributed by atoms with Crippen molar-refractivity contribution in [2.75, 3.05) is 6.54 Å². The summed E-state index contributed by atoms with van der Waals surface area (Å²) in [6.45, 7) is 5.76. The third-order valence-corrected chi connectivity index (χ3v) is 0.865. The van der Waals surface area contributed by atoms with Gasteiger partial charge in [0.15, 0.2) is 0 Å². The summed E-state index contributed by atoms with van der Waals surface area (Å²) < 4.78 is 0. The molecule has 0 aromatic rings. The average Bonchev–Trinajstić information content (AvgIpc) is 1.82. The van der Waals surface area contributed by atoms with Crippen LogP contribution in [0.15, 0.2) is 24.4 Å². The zero-order chi connectivity index (χ0) is 7.98. The molecule has 0 radical (unpaired) electrons. The molecule has 0 fully saturated rings. The summed E-state index contributed by atoms with van der Waals surface area (Å²) in [5.74, 6) is -0.936. The Morgan fingerprint density at radius 3 is 2.80 bits per heavy atom. The SMILES string of the molecule is C=CCN/C(C)=C\C(=O)O. The minimum absolute atomic E-state index is 0.593. The van der Waals surface area contributed by atoms with Gasteiger partial charge in [-0.2, -0.15) is 0 Å². The van der Waals surface area contributed by atoms with Crippen molar-refractivity contribution in [3.63, 3.8) is 0 Å². The van der Waals surface area contributed by atoms with Gasteiger partial charge in [-0.05, 0) is 6.92 Å². The summed E-state index contributed by atoms with van der Waals surface area (Å²) in [4.78, 5) is 10.0. The molecular weight excluding hydrogens is 130 g/mol. The number of aliphatic carboxylic acids is 1. The van der Waals surface area contributed by atoms with Crippen molar-refractivity contribution < 1.29 is 9.90 Å². The van der Waals surface area contributed by atoms with E-state index in [-0.39, 0.29) is 0 Å². The van der Waals surface area contributed by atoms with E-state index >= 15 is 0 Å². The fraction of sp³-hybridized carbons (Fsp3) is 0.286. The van der Waals surface area contributed by atoms with Crippen molar-refractivity contribution >= 4 is 5.97 Å². The second-order valence-corrected chi connectivity index (χ2v) is 1.84. The molecule has 0 bridgehead atoms. The van der Waals surface area contributed by atoms with Crippen LogP contribution in [0.2, 0.25) is 0 Å². The minimum Gasteiger partial charge on any atom is -0.478 e. The van der Waals surface area contributed by atoms with Crippen LogP contribution in [0, 0.1) is 0 Å². The number of carboxylic acids is 1. The first kappa shape index (κ1) is 8.75. The number of allylic oxidation sites excluding steroid dienone is 1. The van der Waals surface area contributed by atoms with Crippen molar-refractivity contribution in [3.8, 4) is 0 Å². The van der Waals surface area contributed by atoms with Crippen LogP contribution in [-0.2, 0) is 4.79 Å². The maximum Gasteiger partial charge on any atom is 0.330 e. The van der Waals surface area contributed by atoms with Crippen LogP contribution < -0.4 is 5.32 Å². The van der Waals surface area contributed by atoms with Gasteiger partial charge in [-0.25, -0.2) is 4.79 Å². The topological polar surface area (TPSA) is 49.3 Å². The second kappa shape index (κ2) is 4.61. The summed E-state index contributed by atoms with van der Waals surface area (Å²) in [6, 6.07) is 0. The van der Waals surface area contributed by atoms with E-state index in [1.807, 2.05) is 0 Å². The Balaban J connectivity index is 3.70. The largest absolute Gasteiger partial charge is 0.478 e. The van der Waals surface area contributed by atoms with E-state index < -0.39 is 5.97 Å². The molecule has 0 unspecified atom stereocenters. The fourth-order valence-electron chi connectivity index (χ4n) is 0.469. The Morgan fingerprint density at radius 2 is 2.40 bits per heavy atom. The molecule has 0 spiro atoms. The van der Waals surface area contributed by atoms with Crippen LogP contribution in [0.4, 0.5) is 0 Å². The molecule has 0 amide bonds. The summed E-state index contributed by atoms with van der Waals surface area (Å²) in [6.07, 6.45) is 2.78. The van der Waals surface area contributed by atoms with Crippen molar-refractivity contribution in [3.05, 3.63) is 24.4 Å². The molecule has 0 aliphatic heterocycles. The van der Waals surface area contributed by atoms with Gasteiger partial charge in [0.2, 0.25) is 0 Å². The van der Waals surface area contributed by atoms with Crippen molar-refractivity contribution in [1.82, 2.24) is 5.32 Å². The first-order chi connectivity index (χ1) is 4.66. The Kier molecular flexibility index (Phi) is 4.04. The molecule has 2 N–H and O–H groups in total. The molecule has 0 atom stereocenters. The Bertz CT molecular complexity index is 161. The molecule has 0 rings (SSSR count). The standard InChI is InChI=1S/C7H11NO2/c1-3-4-8-6(2)5-7(9)10/h3,5,8H,1,4H2,2H3,(H,9,10)/b6-5-. The van der Waals surface area contributed by atoms with Gasteiger partial charge in [0.1, 0.15) is 0 Å². The van der Waals surface area contributed by atoms with E-state index in [4.69, 9.17) is 5.11 Å². The van der Waals surface area contributed by atoms with E-state index in [1.54, 1.807) is 13.0 Å². The molecular formula is C7H11NO2. The molecule has 10 heavy (non-hydrogen) atoms. The molecule has 0 heterocycles. The number of rotatable bonds is 4. The first-order valence-electron chi connectivity index (χ1n) is 2.93. The van der Waals surface area contributed by atoms with Crippen molar-refractivity contribution in [2.45, 2.75) is 6.92 Å². The highest BCUT2D eigenvalue weighted by atomic mass is 16.4. The number of hydrogen-bond acceptors (Lipinski definition) is 2. The molecule has 0 aliphatic rings. The lowest BCUT2D eigenvalue weighted by Gasteiger charge is -1.99. The Labute approximate surface area is 60.1 Å². The third-order valence-electron chi connectivity index (χ3n) is 0.865. The highest BCUT2D eigenvalue weighted by Gasteiger charge is 1.89. The summed E-state index contributed by atoms with van der Waals surface area (Å²) >= 11 is 0. The summed E-state index contributed by atoms with van der Waals surface area (Å²) in [7, 11) is 0. The Morgan fingerprint density at radius 1 is 1.80 bits per heavy atom. The van der Waals surface area contributed by atoms with E-state index in [2.05, 4.69) is 11.9 Å². The number of nitrogens with one attached hydrogen (secondary N) is 1. The van der Waals surface area contributed by atoms with Gasteiger partial charge in [-0.1, -0.05) is 6.08 Å². The van der Waals surface area contributed by atoms with Crippen LogP contribution in [0.1, 0.15) is 6.92 Å². The van der Waals surface area contributed by atoms with Crippen LogP contribution in [0.3, 0.4) is 0 Å². The number of carbonyl (C=O) groups is 1. The lowest BCUT2D eigenvalue weighted by molar-refractivity contribution is -0.131. The molecule has 0 saturated carbocycles. The normalized spacial score (nSPS) is 10.7. The molecule has 0 aromatic heterocycles. The number of carboxylic acid groups (broad SMARTS) is 1. The maximum atomic E-state index is 10.0. The zero-order valence-corrected chi connectivity index (χ0v) is 5.92. The molecule has 56 valence electrons. The predicted octanol–water partition coefficient (Wildman–Crippen LogP) is 0.750. The highest BCUT2D eigenvalue weighted by Crippen LogP contribution is 1.84. The van der Waals surface area contributed by atoms with E-state index in [0.717, 1.165) is 6.08 Å². The van der Waals surface area contributed by atoms with Gasteiger partial charge in [-0.3, -0.25) is 0 Å². The molecule has 3 heteroatoms. The van der Waals surface area contributed by atoms with E-state index in [9.17, 15) is 4.79 Å². The molecule has 0 aliphatic carbocycles. The third kappa shape index (κ3) is 4.90. The lowest BCUT2D eigenvalue weighted by atomic mass is 10.4. The fourth-order valence-corrected chi connectivity index (χ4v) is 0.469.